The maximum Gasteiger partial charge on any atom is 0.262 e. The van der Waals surface area contributed by atoms with E-state index in [1.165, 1.54) is 11.9 Å². The van der Waals surface area contributed by atoms with Gasteiger partial charge in [0.05, 0.1) is 15.7 Å². The number of carbonyl (C=O) groups is 1. The largest absolute Gasteiger partial charge is 0.438 e. The highest BCUT2D eigenvalue weighted by Crippen LogP contribution is 2.32. The van der Waals surface area contributed by atoms with Gasteiger partial charge in [-0.3, -0.25) is 4.79 Å². The summed E-state index contributed by atoms with van der Waals surface area (Å²) in [4.78, 5) is 26.7. The molecule has 1 fully saturated rings. The van der Waals surface area contributed by atoms with Gasteiger partial charge in [0.15, 0.2) is 0 Å². The van der Waals surface area contributed by atoms with Crippen molar-refractivity contribution in [3.05, 3.63) is 94.6 Å². The minimum Gasteiger partial charge on any atom is -0.438 e. The first kappa shape index (κ1) is 25.8. The number of carbonyl (C=O) groups excluding carboxylic acids is 1. The SMILES string of the molecule is CN1CCN(c2ccc(Nc3ncc(C(=O)Nc4c(Cl)cccc4Cl)c(Oc4ccccc4)n3)cc2)CC1. The molecule has 0 radical (unpaired) electrons. The number of amides is 1. The highest BCUT2D eigenvalue weighted by molar-refractivity contribution is 6.40. The molecule has 1 aliphatic rings. The lowest BCUT2D eigenvalue weighted by atomic mass is 10.2. The molecule has 0 aliphatic carbocycles. The van der Waals surface area contributed by atoms with Gasteiger partial charge in [0.1, 0.15) is 11.3 Å². The summed E-state index contributed by atoms with van der Waals surface area (Å²) in [5.41, 5.74) is 2.41. The van der Waals surface area contributed by atoms with Crippen LogP contribution in [0.15, 0.2) is 79.0 Å². The highest BCUT2D eigenvalue weighted by Gasteiger charge is 2.20. The smallest absolute Gasteiger partial charge is 0.262 e. The van der Waals surface area contributed by atoms with E-state index in [0.29, 0.717) is 21.5 Å². The Morgan fingerprint density at radius 1 is 0.895 bits per heavy atom. The van der Waals surface area contributed by atoms with Crippen molar-refractivity contribution in [2.75, 3.05) is 48.8 Å². The summed E-state index contributed by atoms with van der Waals surface area (Å²) in [6.07, 6.45) is 1.41. The molecule has 4 aromatic rings. The Hall–Kier alpha value is -3.85. The van der Waals surface area contributed by atoms with Gasteiger partial charge in [0.2, 0.25) is 11.8 Å². The minimum atomic E-state index is -0.506. The quantitative estimate of drug-likeness (QED) is 0.279. The fourth-order valence-electron chi connectivity index (χ4n) is 4.01. The van der Waals surface area contributed by atoms with Crippen molar-refractivity contribution in [2.45, 2.75) is 0 Å². The van der Waals surface area contributed by atoms with Gasteiger partial charge in [-0.2, -0.15) is 4.98 Å². The van der Waals surface area contributed by atoms with E-state index < -0.39 is 5.91 Å². The Morgan fingerprint density at radius 2 is 1.58 bits per heavy atom. The molecule has 10 heteroatoms. The molecule has 5 rings (SSSR count). The van der Waals surface area contributed by atoms with Crippen LogP contribution in [0, 0.1) is 0 Å². The zero-order valence-corrected chi connectivity index (χ0v) is 22.2. The predicted octanol–water partition coefficient (Wildman–Crippen LogP) is 6.32. The maximum absolute atomic E-state index is 13.2. The van der Waals surface area contributed by atoms with Crippen molar-refractivity contribution < 1.29 is 9.53 Å². The average molecular weight is 549 g/mol. The molecule has 194 valence electrons. The van der Waals surface area contributed by atoms with E-state index in [-0.39, 0.29) is 17.4 Å². The topological polar surface area (TPSA) is 82.6 Å². The molecule has 0 saturated carbocycles. The van der Waals surface area contributed by atoms with E-state index >= 15 is 0 Å². The van der Waals surface area contributed by atoms with Gasteiger partial charge < -0.3 is 25.2 Å². The molecule has 38 heavy (non-hydrogen) atoms. The standard InChI is InChI=1S/C28H26Cl2N6O2/c1-35-14-16-36(17-15-35)20-12-10-19(11-13-20)32-28-31-18-22(27(34-28)38-21-6-3-2-4-7-21)26(37)33-25-23(29)8-5-9-24(25)30/h2-13,18H,14-17H2,1H3,(H,33,37)(H,31,32,34). The number of rotatable bonds is 7. The van der Waals surface area contributed by atoms with Gasteiger partial charge in [-0.05, 0) is 55.6 Å². The van der Waals surface area contributed by atoms with E-state index in [2.05, 4.69) is 49.6 Å². The van der Waals surface area contributed by atoms with Crippen LogP contribution < -0.4 is 20.3 Å². The van der Waals surface area contributed by atoms with Crippen LogP contribution in [0.2, 0.25) is 10.0 Å². The molecule has 0 atom stereocenters. The summed E-state index contributed by atoms with van der Waals surface area (Å²) in [5, 5.41) is 6.57. The normalized spacial score (nSPS) is 13.7. The van der Waals surface area contributed by atoms with Crippen LogP contribution in [0.25, 0.3) is 0 Å². The number of piperazine rings is 1. The summed E-state index contributed by atoms with van der Waals surface area (Å²) >= 11 is 12.5. The summed E-state index contributed by atoms with van der Waals surface area (Å²) in [6, 6.07) is 22.2. The van der Waals surface area contributed by atoms with E-state index in [9.17, 15) is 4.79 Å². The van der Waals surface area contributed by atoms with Crippen LogP contribution >= 0.6 is 23.2 Å². The molecule has 2 N–H and O–H groups in total. The number of benzene rings is 3. The lowest BCUT2D eigenvalue weighted by molar-refractivity contribution is 0.102. The molecular weight excluding hydrogens is 523 g/mol. The monoisotopic (exact) mass is 548 g/mol. The molecule has 1 saturated heterocycles. The molecule has 2 heterocycles. The fourth-order valence-corrected chi connectivity index (χ4v) is 4.50. The number of hydrogen-bond acceptors (Lipinski definition) is 7. The maximum atomic E-state index is 13.2. The summed E-state index contributed by atoms with van der Waals surface area (Å²) in [5.74, 6) is 0.395. The number of nitrogens with one attached hydrogen (secondary N) is 2. The van der Waals surface area contributed by atoms with Gasteiger partial charge in [0, 0.05) is 43.8 Å². The van der Waals surface area contributed by atoms with Crippen LogP contribution in [0.3, 0.4) is 0 Å². The second-order valence-corrected chi connectivity index (χ2v) is 9.65. The number of likely N-dealkylation sites (N-methyl/N-ethyl adjacent to an activating group) is 1. The Bertz CT molecular complexity index is 1390. The molecule has 8 nitrogen and oxygen atoms in total. The van der Waals surface area contributed by atoms with E-state index in [4.69, 9.17) is 27.9 Å². The first-order valence-corrected chi connectivity index (χ1v) is 12.9. The molecule has 3 aromatic carbocycles. The number of para-hydroxylation sites is 2. The van der Waals surface area contributed by atoms with Crippen LogP contribution in [0.4, 0.5) is 23.0 Å². The highest BCUT2D eigenvalue weighted by atomic mass is 35.5. The zero-order chi connectivity index (χ0) is 26.5. The van der Waals surface area contributed by atoms with Gasteiger partial charge in [-0.1, -0.05) is 47.5 Å². The molecule has 1 amide bonds. The van der Waals surface area contributed by atoms with Crippen LogP contribution in [0.5, 0.6) is 11.6 Å². The second-order valence-electron chi connectivity index (χ2n) is 8.84. The van der Waals surface area contributed by atoms with Crippen molar-refractivity contribution in [1.82, 2.24) is 14.9 Å². The fraction of sp³-hybridized carbons (Fsp3) is 0.179. The third-order valence-electron chi connectivity index (χ3n) is 6.15. The predicted molar refractivity (Wildman–Crippen MR) is 152 cm³/mol. The van der Waals surface area contributed by atoms with Gasteiger partial charge in [-0.15, -0.1) is 0 Å². The van der Waals surface area contributed by atoms with Gasteiger partial charge >= 0.3 is 0 Å². The van der Waals surface area contributed by atoms with Crippen molar-refractivity contribution in [3.63, 3.8) is 0 Å². The molecule has 0 unspecified atom stereocenters. The van der Waals surface area contributed by atoms with Crippen molar-refractivity contribution in [3.8, 4) is 11.6 Å². The van der Waals surface area contributed by atoms with Crippen molar-refractivity contribution in [1.29, 1.82) is 0 Å². The number of anilines is 4. The molecule has 1 aliphatic heterocycles. The Balaban J connectivity index is 1.38. The third kappa shape index (κ3) is 6.16. The van der Waals surface area contributed by atoms with Crippen LogP contribution in [-0.2, 0) is 0 Å². The second kappa shape index (κ2) is 11.7. The average Bonchev–Trinajstić information content (AvgIpc) is 2.92. The molecule has 1 aromatic heterocycles. The number of aromatic nitrogens is 2. The van der Waals surface area contributed by atoms with Gasteiger partial charge in [0.25, 0.3) is 5.91 Å². The lowest BCUT2D eigenvalue weighted by Gasteiger charge is -2.34. The lowest BCUT2D eigenvalue weighted by Crippen LogP contribution is -2.44. The summed E-state index contributed by atoms with van der Waals surface area (Å²) in [7, 11) is 2.14. The number of hydrogen-bond donors (Lipinski definition) is 2. The van der Waals surface area contributed by atoms with Crippen molar-refractivity contribution in [2.24, 2.45) is 0 Å². The summed E-state index contributed by atoms with van der Waals surface area (Å²) < 4.78 is 5.99. The van der Waals surface area contributed by atoms with Crippen LogP contribution in [0.1, 0.15) is 10.4 Å². The summed E-state index contributed by atoms with van der Waals surface area (Å²) in [6.45, 7) is 4.08. The first-order chi connectivity index (χ1) is 18.5. The van der Waals surface area contributed by atoms with E-state index in [1.807, 2.05) is 30.3 Å². The van der Waals surface area contributed by atoms with Crippen LogP contribution in [-0.4, -0.2) is 54.0 Å². The molecule has 0 spiro atoms. The molecule has 0 bridgehead atoms. The number of ether oxygens (including phenoxy) is 1. The molecular formula is C28H26Cl2N6O2. The Morgan fingerprint density at radius 3 is 2.26 bits per heavy atom. The zero-order valence-electron chi connectivity index (χ0n) is 20.7. The van der Waals surface area contributed by atoms with Crippen molar-refractivity contribution >= 4 is 52.1 Å². The number of halogens is 2. The third-order valence-corrected chi connectivity index (χ3v) is 6.78. The van der Waals surface area contributed by atoms with E-state index in [1.54, 1.807) is 30.3 Å². The van der Waals surface area contributed by atoms with E-state index in [0.717, 1.165) is 31.9 Å². The Labute approximate surface area is 231 Å². The Kier molecular flexibility index (Phi) is 7.93. The minimum absolute atomic E-state index is 0.0865. The first-order valence-electron chi connectivity index (χ1n) is 12.1. The number of nitrogens with zero attached hydrogens (tertiary/aromatic N) is 4. The van der Waals surface area contributed by atoms with Gasteiger partial charge in [-0.25, -0.2) is 4.98 Å².